The van der Waals surface area contributed by atoms with Gasteiger partial charge in [0.05, 0.1) is 0 Å². The van der Waals surface area contributed by atoms with Crippen LogP contribution in [-0.2, 0) is 14.5 Å². The molecule has 0 unspecified atom stereocenters. The lowest BCUT2D eigenvalue weighted by Crippen LogP contribution is -1.98. The highest BCUT2D eigenvalue weighted by Crippen LogP contribution is 2.00. The van der Waals surface area contributed by atoms with Crippen molar-refractivity contribution in [3.63, 3.8) is 0 Å². The highest BCUT2D eigenvalue weighted by Gasteiger charge is 2.03. The standard InChI is InChI=1S/C5H6ClFO3/c6-4(8)2-1-3-5(9)10-7/h1-3H2. The maximum atomic E-state index is 10.9. The van der Waals surface area contributed by atoms with Gasteiger partial charge in [-0.05, 0) is 18.0 Å². The maximum absolute atomic E-state index is 10.9. The van der Waals surface area contributed by atoms with Gasteiger partial charge in [-0.25, -0.2) is 4.79 Å². The zero-order valence-corrected chi connectivity index (χ0v) is 5.86. The van der Waals surface area contributed by atoms with Crippen LogP contribution in [0.2, 0.25) is 0 Å². The van der Waals surface area contributed by atoms with Gasteiger partial charge >= 0.3 is 5.97 Å². The molecule has 0 bridgehead atoms. The Labute approximate surface area is 62.0 Å². The molecule has 58 valence electrons. The first-order valence-electron chi connectivity index (χ1n) is 2.66. The van der Waals surface area contributed by atoms with Crippen molar-refractivity contribution < 1.29 is 19.1 Å². The fraction of sp³-hybridized carbons (Fsp3) is 0.600. The largest absolute Gasteiger partial charge is 0.348 e. The van der Waals surface area contributed by atoms with E-state index in [1.165, 1.54) is 0 Å². The van der Waals surface area contributed by atoms with Gasteiger partial charge in [0.1, 0.15) is 0 Å². The van der Waals surface area contributed by atoms with Crippen molar-refractivity contribution in [2.45, 2.75) is 19.3 Å². The minimum absolute atomic E-state index is 0.0661. The van der Waals surface area contributed by atoms with Crippen LogP contribution in [0.1, 0.15) is 19.3 Å². The van der Waals surface area contributed by atoms with Gasteiger partial charge in [-0.3, -0.25) is 9.74 Å². The predicted molar refractivity (Wildman–Crippen MR) is 31.9 cm³/mol. The molecule has 0 N–H and O–H groups in total. The zero-order chi connectivity index (χ0) is 7.98. The van der Waals surface area contributed by atoms with Gasteiger partial charge in [0.15, 0.2) is 0 Å². The van der Waals surface area contributed by atoms with Crippen LogP contribution < -0.4 is 0 Å². The van der Waals surface area contributed by atoms with E-state index < -0.39 is 11.2 Å². The van der Waals surface area contributed by atoms with E-state index in [2.05, 4.69) is 4.94 Å². The molecule has 0 aromatic carbocycles. The summed E-state index contributed by atoms with van der Waals surface area (Å²) in [5, 5.41) is -0.536. The molecular formula is C5H6ClFO3. The highest BCUT2D eigenvalue weighted by molar-refractivity contribution is 6.63. The van der Waals surface area contributed by atoms with Crippen molar-refractivity contribution in [2.24, 2.45) is 0 Å². The summed E-state index contributed by atoms with van der Waals surface area (Å²) in [6.07, 6.45) is 0.177. The summed E-state index contributed by atoms with van der Waals surface area (Å²) in [5.41, 5.74) is 0. The van der Waals surface area contributed by atoms with Crippen LogP contribution in [0, 0.1) is 0 Å². The summed E-state index contributed by atoms with van der Waals surface area (Å²) in [7, 11) is 0. The molecule has 0 radical (unpaired) electrons. The monoisotopic (exact) mass is 168 g/mol. The lowest BCUT2D eigenvalue weighted by molar-refractivity contribution is -0.183. The molecule has 0 spiro atoms. The average Bonchev–Trinajstić information content (AvgIpc) is 1.87. The minimum atomic E-state index is -0.974. The predicted octanol–water partition coefficient (Wildman–Crippen LogP) is 1.35. The van der Waals surface area contributed by atoms with Crippen LogP contribution >= 0.6 is 11.6 Å². The van der Waals surface area contributed by atoms with E-state index in [0.29, 0.717) is 0 Å². The van der Waals surface area contributed by atoms with Crippen molar-refractivity contribution in [3.05, 3.63) is 0 Å². The lowest BCUT2D eigenvalue weighted by atomic mass is 10.2. The molecule has 0 heterocycles. The Morgan fingerprint density at radius 2 is 2.00 bits per heavy atom. The van der Waals surface area contributed by atoms with E-state index in [0.717, 1.165) is 0 Å². The van der Waals surface area contributed by atoms with Crippen LogP contribution in [0.4, 0.5) is 4.53 Å². The van der Waals surface area contributed by atoms with Crippen LogP contribution in [0.25, 0.3) is 0 Å². The second kappa shape index (κ2) is 5.17. The molecule has 3 nitrogen and oxygen atoms in total. The van der Waals surface area contributed by atoms with Crippen molar-refractivity contribution in [1.82, 2.24) is 0 Å². The third-order valence-electron chi connectivity index (χ3n) is 0.840. The topological polar surface area (TPSA) is 43.4 Å². The second-order valence-corrected chi connectivity index (χ2v) is 2.08. The van der Waals surface area contributed by atoms with Gasteiger partial charge in [0, 0.05) is 17.4 Å². The molecule has 0 aliphatic carbocycles. The Balaban J connectivity index is 3.20. The van der Waals surface area contributed by atoms with Crippen LogP contribution in [0.15, 0.2) is 0 Å². The lowest BCUT2D eigenvalue weighted by Gasteiger charge is -1.90. The van der Waals surface area contributed by atoms with Crippen LogP contribution in [0.3, 0.4) is 0 Å². The molecule has 0 rings (SSSR count). The number of hydrogen-bond acceptors (Lipinski definition) is 3. The molecule has 0 atom stereocenters. The molecule has 0 amide bonds. The molecule has 0 fully saturated rings. The number of carbonyl (C=O) groups is 2. The van der Waals surface area contributed by atoms with E-state index in [1.807, 2.05) is 0 Å². The first-order valence-corrected chi connectivity index (χ1v) is 3.04. The smallest absolute Gasteiger partial charge is 0.281 e. The molecule has 0 saturated heterocycles. The van der Waals surface area contributed by atoms with Crippen molar-refractivity contribution in [2.75, 3.05) is 0 Å². The van der Waals surface area contributed by atoms with Crippen LogP contribution in [0.5, 0.6) is 0 Å². The first-order chi connectivity index (χ1) is 4.66. The summed E-state index contributed by atoms with van der Waals surface area (Å²) >= 11 is 4.92. The van der Waals surface area contributed by atoms with Crippen molar-refractivity contribution >= 4 is 22.8 Å². The maximum Gasteiger partial charge on any atom is 0.348 e. The highest BCUT2D eigenvalue weighted by atomic mass is 35.5. The molecule has 0 aromatic rings. The van der Waals surface area contributed by atoms with E-state index >= 15 is 0 Å². The zero-order valence-electron chi connectivity index (χ0n) is 5.10. The average molecular weight is 169 g/mol. The summed E-state index contributed by atoms with van der Waals surface area (Å²) in [5.74, 6) is -0.974. The van der Waals surface area contributed by atoms with E-state index in [-0.39, 0.29) is 19.3 Å². The Hall–Kier alpha value is -0.640. The van der Waals surface area contributed by atoms with E-state index in [4.69, 9.17) is 11.6 Å². The first kappa shape index (κ1) is 9.36. The Kier molecular flexibility index (Phi) is 4.84. The fourth-order valence-electron chi connectivity index (χ4n) is 0.410. The molecular weight excluding hydrogens is 163 g/mol. The summed E-state index contributed by atoms with van der Waals surface area (Å²) in [6.45, 7) is 0. The summed E-state index contributed by atoms with van der Waals surface area (Å²) in [6, 6.07) is 0. The quantitative estimate of drug-likeness (QED) is 0.595. The summed E-state index contributed by atoms with van der Waals surface area (Å²) < 4.78 is 10.9. The van der Waals surface area contributed by atoms with Gasteiger partial charge < -0.3 is 0 Å². The van der Waals surface area contributed by atoms with Gasteiger partial charge in [0.25, 0.3) is 0 Å². The Bertz CT molecular complexity index is 137. The molecule has 0 aromatic heterocycles. The van der Waals surface area contributed by atoms with Gasteiger partial charge in [-0.15, -0.1) is 0 Å². The number of carbonyl (C=O) groups excluding carboxylic acids is 2. The molecule has 0 aliphatic heterocycles. The molecule has 0 aliphatic rings. The third-order valence-corrected chi connectivity index (χ3v) is 1.03. The van der Waals surface area contributed by atoms with Crippen molar-refractivity contribution in [3.8, 4) is 0 Å². The number of hydrogen-bond donors (Lipinski definition) is 0. The van der Waals surface area contributed by atoms with E-state index in [9.17, 15) is 14.1 Å². The molecule has 10 heavy (non-hydrogen) atoms. The minimum Gasteiger partial charge on any atom is -0.281 e. The number of rotatable bonds is 4. The SMILES string of the molecule is O=C(Cl)CCCC(=O)OF. The van der Waals surface area contributed by atoms with Gasteiger partial charge in [0.2, 0.25) is 5.24 Å². The van der Waals surface area contributed by atoms with Crippen LogP contribution in [-0.4, -0.2) is 11.2 Å². The normalized spacial score (nSPS) is 9.00. The number of halogens is 2. The van der Waals surface area contributed by atoms with Gasteiger partial charge in [-0.2, -0.15) is 0 Å². The van der Waals surface area contributed by atoms with E-state index in [1.54, 1.807) is 0 Å². The summed E-state index contributed by atoms with van der Waals surface area (Å²) in [4.78, 5) is 22.9. The fourth-order valence-corrected chi connectivity index (χ4v) is 0.544. The molecule has 5 heteroatoms. The van der Waals surface area contributed by atoms with Crippen molar-refractivity contribution in [1.29, 1.82) is 0 Å². The Morgan fingerprint density at radius 3 is 2.40 bits per heavy atom. The third kappa shape index (κ3) is 5.50. The Morgan fingerprint density at radius 1 is 1.40 bits per heavy atom. The second-order valence-electron chi connectivity index (χ2n) is 1.66. The van der Waals surface area contributed by atoms with Gasteiger partial charge in [-0.1, -0.05) is 0 Å². The molecule has 0 saturated carbocycles.